The third kappa shape index (κ3) is 1.70. The van der Waals surface area contributed by atoms with E-state index in [0.29, 0.717) is 0 Å². The number of aliphatic hydroxyl groups excluding tert-OH is 1. The van der Waals surface area contributed by atoms with Crippen LogP contribution < -0.4 is 4.90 Å². The van der Waals surface area contributed by atoms with E-state index < -0.39 is 6.23 Å². The molecule has 0 bridgehead atoms. The Labute approximate surface area is 77.3 Å². The Hall–Kier alpha value is -1.35. The highest BCUT2D eigenvalue weighted by Crippen LogP contribution is 2.20. The summed E-state index contributed by atoms with van der Waals surface area (Å²) in [6.07, 6.45) is 8.78. The van der Waals surface area contributed by atoms with Crippen LogP contribution >= 0.6 is 0 Å². The largest absolute Gasteiger partial charge is 0.373 e. The van der Waals surface area contributed by atoms with Gasteiger partial charge in [-0.3, -0.25) is 4.98 Å². The monoisotopic (exact) mass is 176 g/mol. The van der Waals surface area contributed by atoms with E-state index in [1.807, 2.05) is 23.2 Å². The maximum atomic E-state index is 9.68. The number of pyridine rings is 1. The van der Waals surface area contributed by atoms with Gasteiger partial charge in [-0.25, -0.2) is 0 Å². The number of anilines is 1. The van der Waals surface area contributed by atoms with Crippen LogP contribution in [-0.4, -0.2) is 16.3 Å². The Morgan fingerprint density at radius 2 is 2.15 bits per heavy atom. The first kappa shape index (κ1) is 8.26. The summed E-state index contributed by atoms with van der Waals surface area (Å²) < 4.78 is 0. The van der Waals surface area contributed by atoms with Crippen molar-refractivity contribution in [3.8, 4) is 0 Å². The number of aliphatic hydroxyl groups is 1. The molecule has 0 aromatic carbocycles. The third-order valence-corrected chi connectivity index (χ3v) is 2.14. The van der Waals surface area contributed by atoms with Crippen LogP contribution in [0.2, 0.25) is 0 Å². The summed E-state index contributed by atoms with van der Waals surface area (Å²) in [7, 11) is 0. The molecule has 1 atom stereocenters. The fourth-order valence-corrected chi connectivity index (χ4v) is 1.45. The predicted molar refractivity (Wildman–Crippen MR) is 51.1 cm³/mol. The van der Waals surface area contributed by atoms with E-state index in [2.05, 4.69) is 11.1 Å². The first-order valence-electron chi connectivity index (χ1n) is 4.41. The highest BCUT2D eigenvalue weighted by molar-refractivity contribution is 5.48. The molecule has 1 aliphatic heterocycles. The van der Waals surface area contributed by atoms with Gasteiger partial charge in [-0.05, 0) is 25.0 Å². The molecule has 13 heavy (non-hydrogen) atoms. The molecule has 2 heterocycles. The second kappa shape index (κ2) is 3.58. The predicted octanol–water partition coefficient (Wildman–Crippen LogP) is 1.51. The van der Waals surface area contributed by atoms with Crippen molar-refractivity contribution in [3.05, 3.63) is 36.8 Å². The molecule has 0 saturated carbocycles. The standard InChI is InChI=1S/C10H12N2O/c13-10-3-1-2-8-12(10)9-4-6-11-7-5-9/h2,4-8,10,13H,1,3H2. The molecule has 3 heteroatoms. The van der Waals surface area contributed by atoms with Gasteiger partial charge in [0, 0.05) is 24.3 Å². The number of aromatic nitrogens is 1. The summed E-state index contributed by atoms with van der Waals surface area (Å²) in [6, 6.07) is 3.78. The van der Waals surface area contributed by atoms with Gasteiger partial charge in [-0.2, -0.15) is 0 Å². The summed E-state index contributed by atoms with van der Waals surface area (Å²) in [5.41, 5.74) is 0.985. The summed E-state index contributed by atoms with van der Waals surface area (Å²) in [6.45, 7) is 0. The summed E-state index contributed by atoms with van der Waals surface area (Å²) in [5.74, 6) is 0. The van der Waals surface area contributed by atoms with Crippen LogP contribution in [0.25, 0.3) is 0 Å². The van der Waals surface area contributed by atoms with Gasteiger partial charge in [0.05, 0.1) is 0 Å². The van der Waals surface area contributed by atoms with Crippen LogP contribution in [0.1, 0.15) is 12.8 Å². The molecule has 0 radical (unpaired) electrons. The molecule has 0 amide bonds. The average Bonchev–Trinajstić information content (AvgIpc) is 2.20. The lowest BCUT2D eigenvalue weighted by molar-refractivity contribution is 0.166. The summed E-state index contributed by atoms with van der Waals surface area (Å²) >= 11 is 0. The lowest BCUT2D eigenvalue weighted by Crippen LogP contribution is -2.32. The number of hydrogen-bond donors (Lipinski definition) is 1. The maximum absolute atomic E-state index is 9.68. The smallest absolute Gasteiger partial charge is 0.131 e. The van der Waals surface area contributed by atoms with Crippen molar-refractivity contribution in [2.45, 2.75) is 19.1 Å². The Balaban J connectivity index is 2.25. The van der Waals surface area contributed by atoms with Gasteiger partial charge in [0.15, 0.2) is 0 Å². The van der Waals surface area contributed by atoms with Gasteiger partial charge in [0.25, 0.3) is 0 Å². The number of hydrogen-bond acceptors (Lipinski definition) is 3. The van der Waals surface area contributed by atoms with Gasteiger partial charge in [0.1, 0.15) is 6.23 Å². The second-order valence-electron chi connectivity index (χ2n) is 3.06. The van der Waals surface area contributed by atoms with E-state index in [1.165, 1.54) is 0 Å². The molecule has 2 rings (SSSR count). The van der Waals surface area contributed by atoms with Crippen LogP contribution in [0.5, 0.6) is 0 Å². The number of allylic oxidation sites excluding steroid dienone is 1. The molecule has 0 aliphatic carbocycles. The van der Waals surface area contributed by atoms with Gasteiger partial charge in [-0.1, -0.05) is 6.08 Å². The second-order valence-corrected chi connectivity index (χ2v) is 3.06. The van der Waals surface area contributed by atoms with Crippen LogP contribution in [0.15, 0.2) is 36.8 Å². The van der Waals surface area contributed by atoms with Crippen molar-refractivity contribution in [3.63, 3.8) is 0 Å². The Bertz CT molecular complexity index is 297. The number of rotatable bonds is 1. The van der Waals surface area contributed by atoms with E-state index in [9.17, 15) is 5.11 Å². The van der Waals surface area contributed by atoms with E-state index in [-0.39, 0.29) is 0 Å². The van der Waals surface area contributed by atoms with Gasteiger partial charge in [0.2, 0.25) is 0 Å². The fraction of sp³-hybridized carbons (Fsp3) is 0.300. The minimum atomic E-state index is -0.396. The molecular formula is C10H12N2O. The van der Waals surface area contributed by atoms with Crippen molar-refractivity contribution in [1.82, 2.24) is 4.98 Å². The van der Waals surface area contributed by atoms with Crippen molar-refractivity contribution < 1.29 is 5.11 Å². The van der Waals surface area contributed by atoms with Crippen LogP contribution in [0.4, 0.5) is 5.69 Å². The van der Waals surface area contributed by atoms with Crippen molar-refractivity contribution in [2.75, 3.05) is 4.90 Å². The molecule has 1 aromatic heterocycles. The van der Waals surface area contributed by atoms with E-state index in [4.69, 9.17) is 0 Å². The molecular weight excluding hydrogens is 164 g/mol. The summed E-state index contributed by atoms with van der Waals surface area (Å²) in [4.78, 5) is 5.79. The zero-order chi connectivity index (χ0) is 9.10. The minimum Gasteiger partial charge on any atom is -0.373 e. The average molecular weight is 176 g/mol. The van der Waals surface area contributed by atoms with Crippen molar-refractivity contribution in [2.24, 2.45) is 0 Å². The molecule has 0 saturated heterocycles. The van der Waals surface area contributed by atoms with E-state index in [0.717, 1.165) is 18.5 Å². The molecule has 0 fully saturated rings. The molecule has 0 spiro atoms. The zero-order valence-corrected chi connectivity index (χ0v) is 7.30. The topological polar surface area (TPSA) is 36.4 Å². The summed E-state index contributed by atoms with van der Waals surface area (Å²) in [5, 5.41) is 9.68. The quantitative estimate of drug-likeness (QED) is 0.704. The van der Waals surface area contributed by atoms with Crippen molar-refractivity contribution >= 4 is 5.69 Å². The first-order valence-corrected chi connectivity index (χ1v) is 4.41. The molecule has 1 N–H and O–H groups in total. The lowest BCUT2D eigenvalue weighted by atomic mass is 10.2. The maximum Gasteiger partial charge on any atom is 0.131 e. The lowest BCUT2D eigenvalue weighted by Gasteiger charge is -2.29. The Morgan fingerprint density at radius 3 is 2.85 bits per heavy atom. The van der Waals surface area contributed by atoms with Crippen molar-refractivity contribution in [1.29, 1.82) is 0 Å². The number of nitrogens with zero attached hydrogens (tertiary/aromatic N) is 2. The highest BCUT2D eigenvalue weighted by Gasteiger charge is 2.15. The highest BCUT2D eigenvalue weighted by atomic mass is 16.3. The third-order valence-electron chi connectivity index (χ3n) is 2.14. The fourth-order valence-electron chi connectivity index (χ4n) is 1.45. The zero-order valence-electron chi connectivity index (χ0n) is 7.30. The molecule has 68 valence electrons. The minimum absolute atomic E-state index is 0.396. The Morgan fingerprint density at radius 1 is 1.38 bits per heavy atom. The van der Waals surface area contributed by atoms with Crippen LogP contribution in [0.3, 0.4) is 0 Å². The van der Waals surface area contributed by atoms with Gasteiger partial charge in [-0.15, -0.1) is 0 Å². The van der Waals surface area contributed by atoms with Gasteiger partial charge >= 0.3 is 0 Å². The normalized spacial score (nSPS) is 21.9. The molecule has 1 unspecified atom stereocenters. The van der Waals surface area contributed by atoms with E-state index in [1.54, 1.807) is 12.4 Å². The van der Waals surface area contributed by atoms with Gasteiger partial charge < -0.3 is 10.0 Å². The molecule has 3 nitrogen and oxygen atoms in total. The Kier molecular flexibility index (Phi) is 2.27. The first-order chi connectivity index (χ1) is 6.38. The van der Waals surface area contributed by atoms with E-state index >= 15 is 0 Å². The van der Waals surface area contributed by atoms with Crippen LogP contribution in [-0.2, 0) is 0 Å². The molecule has 1 aromatic rings. The van der Waals surface area contributed by atoms with Crippen LogP contribution in [0, 0.1) is 0 Å². The molecule has 1 aliphatic rings. The SMILES string of the molecule is OC1CCC=CN1c1ccncc1.